The highest BCUT2D eigenvalue weighted by Crippen LogP contribution is 2.12. The Morgan fingerprint density at radius 3 is 2.56 bits per heavy atom. The Balaban J connectivity index is 2.30. The third-order valence-corrected chi connectivity index (χ3v) is 3.27. The van der Waals surface area contributed by atoms with Crippen molar-refractivity contribution in [3.05, 3.63) is 34.9 Å². The fourth-order valence-corrected chi connectivity index (χ4v) is 1.84. The molecule has 3 nitrogen and oxygen atoms in total. The van der Waals surface area contributed by atoms with Crippen LogP contribution in [0.5, 0.6) is 0 Å². The van der Waals surface area contributed by atoms with Gasteiger partial charge in [-0.25, -0.2) is 0 Å². The predicted octanol–water partition coefficient (Wildman–Crippen LogP) is 2.21. The van der Waals surface area contributed by atoms with E-state index in [9.17, 15) is 0 Å². The average molecular weight is 272 g/mol. The first-order chi connectivity index (χ1) is 8.63. The molecule has 1 rings (SSSR count). The number of hydrogen-bond acceptors (Lipinski definition) is 3. The van der Waals surface area contributed by atoms with Crippen LogP contribution in [0.4, 0.5) is 0 Å². The molecule has 1 atom stereocenters. The topological polar surface area (TPSA) is 32.7 Å². The van der Waals surface area contributed by atoms with Crippen molar-refractivity contribution in [1.82, 2.24) is 4.90 Å². The van der Waals surface area contributed by atoms with Crippen LogP contribution in [-0.4, -0.2) is 49.5 Å². The van der Waals surface area contributed by atoms with Crippen molar-refractivity contribution in [3.8, 4) is 0 Å². The quantitative estimate of drug-likeness (QED) is 0.736. The van der Waals surface area contributed by atoms with E-state index in [1.165, 1.54) is 5.56 Å². The molecule has 0 aliphatic carbocycles. The molecular weight excluding hydrogens is 250 g/mol. The summed E-state index contributed by atoms with van der Waals surface area (Å²) in [7, 11) is 2.09. The minimum Gasteiger partial charge on any atom is -0.394 e. The van der Waals surface area contributed by atoms with Crippen LogP contribution in [-0.2, 0) is 11.2 Å². The van der Waals surface area contributed by atoms with Gasteiger partial charge in [0.05, 0.1) is 19.8 Å². The van der Waals surface area contributed by atoms with E-state index in [1.54, 1.807) is 0 Å². The number of aliphatic hydroxyl groups excluding tert-OH is 1. The van der Waals surface area contributed by atoms with E-state index in [-0.39, 0.29) is 6.61 Å². The Bertz CT molecular complexity index is 329. The highest BCUT2D eigenvalue weighted by molar-refractivity contribution is 6.30. The molecule has 0 spiro atoms. The average Bonchev–Trinajstić information content (AvgIpc) is 2.37. The van der Waals surface area contributed by atoms with E-state index in [2.05, 4.69) is 31.0 Å². The van der Waals surface area contributed by atoms with Crippen LogP contribution >= 0.6 is 11.6 Å². The largest absolute Gasteiger partial charge is 0.394 e. The van der Waals surface area contributed by atoms with Crippen LogP contribution in [0.3, 0.4) is 0 Å². The first-order valence-corrected chi connectivity index (χ1v) is 6.64. The first-order valence-electron chi connectivity index (χ1n) is 6.26. The maximum absolute atomic E-state index is 8.61. The number of ether oxygens (including phenoxy) is 1. The SMILES string of the molecule is CC(Cc1ccc(Cl)cc1)N(C)CCOCCO. The van der Waals surface area contributed by atoms with E-state index in [0.717, 1.165) is 18.0 Å². The summed E-state index contributed by atoms with van der Waals surface area (Å²) in [6, 6.07) is 8.43. The molecule has 0 aliphatic rings. The van der Waals surface area contributed by atoms with Crippen molar-refractivity contribution in [2.24, 2.45) is 0 Å². The molecular formula is C14H22ClNO2. The fraction of sp³-hybridized carbons (Fsp3) is 0.571. The summed E-state index contributed by atoms with van der Waals surface area (Å²) in [5.41, 5.74) is 1.29. The van der Waals surface area contributed by atoms with Crippen molar-refractivity contribution in [3.63, 3.8) is 0 Å². The molecule has 0 saturated heterocycles. The molecule has 0 radical (unpaired) electrons. The van der Waals surface area contributed by atoms with Gasteiger partial charge in [0.1, 0.15) is 0 Å². The molecule has 0 aliphatic heterocycles. The van der Waals surface area contributed by atoms with Crippen molar-refractivity contribution in [2.45, 2.75) is 19.4 Å². The van der Waals surface area contributed by atoms with Crippen LogP contribution in [0.1, 0.15) is 12.5 Å². The number of rotatable bonds is 8. The van der Waals surface area contributed by atoms with Crippen LogP contribution in [0.15, 0.2) is 24.3 Å². The number of hydrogen-bond donors (Lipinski definition) is 1. The van der Waals surface area contributed by atoms with E-state index < -0.39 is 0 Å². The lowest BCUT2D eigenvalue weighted by Gasteiger charge is -2.24. The van der Waals surface area contributed by atoms with Gasteiger partial charge in [-0.05, 0) is 38.1 Å². The van der Waals surface area contributed by atoms with Gasteiger partial charge < -0.3 is 14.7 Å². The van der Waals surface area contributed by atoms with Crippen LogP contribution in [0.25, 0.3) is 0 Å². The second-order valence-corrected chi connectivity index (χ2v) is 4.93. The molecule has 1 aromatic rings. The molecule has 0 aromatic heterocycles. The summed E-state index contributed by atoms with van der Waals surface area (Å²) in [5, 5.41) is 9.38. The Labute approximate surface area is 114 Å². The normalized spacial score (nSPS) is 12.9. The summed E-state index contributed by atoms with van der Waals surface area (Å²) in [5.74, 6) is 0. The Hall–Kier alpha value is -0.610. The second kappa shape index (κ2) is 8.48. The lowest BCUT2D eigenvalue weighted by Crippen LogP contribution is -2.33. The lowest BCUT2D eigenvalue weighted by atomic mass is 10.1. The summed E-state index contributed by atoms with van der Waals surface area (Å²) < 4.78 is 5.26. The molecule has 1 aromatic carbocycles. The lowest BCUT2D eigenvalue weighted by molar-refractivity contribution is 0.0719. The molecule has 0 saturated carbocycles. The molecule has 1 unspecified atom stereocenters. The minimum absolute atomic E-state index is 0.0873. The third kappa shape index (κ3) is 5.83. The van der Waals surface area contributed by atoms with Crippen LogP contribution in [0.2, 0.25) is 5.02 Å². The molecule has 102 valence electrons. The molecule has 18 heavy (non-hydrogen) atoms. The Morgan fingerprint density at radius 2 is 1.94 bits per heavy atom. The van der Waals surface area contributed by atoms with Gasteiger partial charge in [-0.1, -0.05) is 23.7 Å². The van der Waals surface area contributed by atoms with Gasteiger partial charge in [0.15, 0.2) is 0 Å². The fourth-order valence-electron chi connectivity index (χ4n) is 1.71. The number of likely N-dealkylation sites (N-methyl/N-ethyl adjacent to an activating group) is 1. The molecule has 1 N–H and O–H groups in total. The van der Waals surface area contributed by atoms with E-state index in [1.807, 2.05) is 12.1 Å². The van der Waals surface area contributed by atoms with Gasteiger partial charge >= 0.3 is 0 Å². The third-order valence-electron chi connectivity index (χ3n) is 3.02. The van der Waals surface area contributed by atoms with E-state index >= 15 is 0 Å². The number of aliphatic hydroxyl groups is 1. The number of halogens is 1. The Morgan fingerprint density at radius 1 is 1.28 bits per heavy atom. The summed E-state index contributed by atoms with van der Waals surface area (Å²) in [6.45, 7) is 4.22. The smallest absolute Gasteiger partial charge is 0.0698 e. The molecule has 0 bridgehead atoms. The number of benzene rings is 1. The summed E-state index contributed by atoms with van der Waals surface area (Å²) >= 11 is 5.86. The maximum Gasteiger partial charge on any atom is 0.0698 e. The Kier molecular flexibility index (Phi) is 7.28. The zero-order valence-corrected chi connectivity index (χ0v) is 11.9. The highest BCUT2D eigenvalue weighted by Gasteiger charge is 2.09. The molecule has 0 heterocycles. The van der Waals surface area contributed by atoms with Gasteiger partial charge in [-0.15, -0.1) is 0 Å². The van der Waals surface area contributed by atoms with Crippen LogP contribution < -0.4 is 0 Å². The van der Waals surface area contributed by atoms with Crippen molar-refractivity contribution in [2.75, 3.05) is 33.4 Å². The van der Waals surface area contributed by atoms with Crippen LogP contribution in [0, 0.1) is 0 Å². The van der Waals surface area contributed by atoms with Crippen molar-refractivity contribution >= 4 is 11.6 Å². The zero-order valence-electron chi connectivity index (χ0n) is 11.1. The van der Waals surface area contributed by atoms with Crippen molar-refractivity contribution < 1.29 is 9.84 Å². The highest BCUT2D eigenvalue weighted by atomic mass is 35.5. The number of nitrogens with zero attached hydrogens (tertiary/aromatic N) is 1. The van der Waals surface area contributed by atoms with E-state index in [0.29, 0.717) is 19.3 Å². The predicted molar refractivity (Wildman–Crippen MR) is 75.2 cm³/mol. The minimum atomic E-state index is 0.0873. The molecule has 0 amide bonds. The monoisotopic (exact) mass is 271 g/mol. The molecule has 0 fully saturated rings. The first kappa shape index (κ1) is 15.4. The van der Waals surface area contributed by atoms with E-state index in [4.69, 9.17) is 21.4 Å². The van der Waals surface area contributed by atoms with Crippen molar-refractivity contribution in [1.29, 1.82) is 0 Å². The summed E-state index contributed by atoms with van der Waals surface area (Å²) in [4.78, 5) is 2.26. The van der Waals surface area contributed by atoms with Gasteiger partial charge in [0.25, 0.3) is 0 Å². The maximum atomic E-state index is 8.61. The zero-order chi connectivity index (χ0) is 13.4. The standard InChI is InChI=1S/C14H22ClNO2/c1-12(16(2)7-9-18-10-8-17)11-13-3-5-14(15)6-4-13/h3-6,12,17H,7-11H2,1-2H3. The van der Waals surface area contributed by atoms with Gasteiger partial charge in [0.2, 0.25) is 0 Å². The molecule has 4 heteroatoms. The van der Waals surface area contributed by atoms with Gasteiger partial charge in [-0.2, -0.15) is 0 Å². The second-order valence-electron chi connectivity index (χ2n) is 4.50. The van der Waals surface area contributed by atoms with Gasteiger partial charge in [0, 0.05) is 17.6 Å². The van der Waals surface area contributed by atoms with Gasteiger partial charge in [-0.3, -0.25) is 0 Å². The summed E-state index contributed by atoms with van der Waals surface area (Å²) in [6.07, 6.45) is 0.994.